The Kier molecular flexibility index (Phi) is 3.16. The molecule has 1 nitrogen and oxygen atoms in total. The Hall–Kier alpha value is -1.89. The average Bonchev–Trinajstić information content (AvgIpc) is 2.57. The second-order valence-corrected chi connectivity index (χ2v) is 3.91. The number of carbonyl (C=O) groups excluding carboxylic acids is 1. The molecule has 1 aromatic rings. The molecule has 0 aliphatic heterocycles. The van der Waals surface area contributed by atoms with E-state index in [2.05, 4.69) is 0 Å². The van der Waals surface area contributed by atoms with Crippen molar-refractivity contribution in [3.8, 4) is 0 Å². The van der Waals surface area contributed by atoms with Crippen LogP contribution >= 0.6 is 0 Å². The lowest BCUT2D eigenvalue weighted by molar-refractivity contribution is 0.0965. The molecule has 0 N–H and O–H groups in total. The molecular weight excluding hydrogens is 196 g/mol. The number of allylic oxidation sites excluding steroid dienone is 6. The van der Waals surface area contributed by atoms with Crippen LogP contribution in [0.25, 0.3) is 0 Å². The van der Waals surface area contributed by atoms with Gasteiger partial charge in [0.05, 0.1) is 5.92 Å². The smallest absolute Gasteiger partial charge is 0.173 e. The van der Waals surface area contributed by atoms with Gasteiger partial charge in [-0.2, -0.15) is 0 Å². The predicted molar refractivity (Wildman–Crippen MR) is 66.4 cm³/mol. The van der Waals surface area contributed by atoms with E-state index in [0.29, 0.717) is 0 Å². The van der Waals surface area contributed by atoms with Crippen molar-refractivity contribution in [2.75, 3.05) is 0 Å². The first-order valence-electron chi connectivity index (χ1n) is 5.40. The molecule has 0 atom stereocenters. The van der Waals surface area contributed by atoms with Gasteiger partial charge >= 0.3 is 0 Å². The van der Waals surface area contributed by atoms with E-state index in [4.69, 9.17) is 0 Å². The number of hydrogen-bond acceptors (Lipinski definition) is 1. The maximum atomic E-state index is 12.1. The molecule has 2 rings (SSSR count). The summed E-state index contributed by atoms with van der Waals surface area (Å²) >= 11 is 0. The number of aryl methyl sites for hydroxylation is 1. The zero-order valence-electron chi connectivity index (χ0n) is 9.26. The molecule has 0 unspecified atom stereocenters. The number of rotatable bonds is 2. The maximum absolute atomic E-state index is 12.1. The summed E-state index contributed by atoms with van der Waals surface area (Å²) in [4.78, 5) is 12.1. The third-order valence-corrected chi connectivity index (χ3v) is 2.61. The van der Waals surface area contributed by atoms with Crippen molar-refractivity contribution in [2.45, 2.75) is 6.92 Å². The summed E-state index contributed by atoms with van der Waals surface area (Å²) in [6.45, 7) is 2.02. The number of hydrogen-bond donors (Lipinski definition) is 0. The second kappa shape index (κ2) is 4.75. The van der Waals surface area contributed by atoms with E-state index in [1.165, 1.54) is 5.56 Å². The summed E-state index contributed by atoms with van der Waals surface area (Å²) in [5, 5.41) is 0. The summed E-state index contributed by atoms with van der Waals surface area (Å²) in [7, 11) is 0. The molecule has 0 fully saturated rings. The van der Waals surface area contributed by atoms with Crippen molar-refractivity contribution in [1.82, 2.24) is 0 Å². The minimum atomic E-state index is -0.141. The molecule has 0 saturated heterocycles. The topological polar surface area (TPSA) is 17.1 Å². The van der Waals surface area contributed by atoms with Crippen LogP contribution in [0, 0.1) is 12.8 Å². The third kappa shape index (κ3) is 2.37. The van der Waals surface area contributed by atoms with Crippen LogP contribution in [0.15, 0.2) is 60.7 Å². The first-order valence-corrected chi connectivity index (χ1v) is 5.40. The first kappa shape index (κ1) is 10.6. The molecule has 1 heteroatoms. The van der Waals surface area contributed by atoms with E-state index in [1.54, 1.807) is 0 Å². The molecule has 1 aliphatic carbocycles. The van der Waals surface area contributed by atoms with Crippen LogP contribution in [0.1, 0.15) is 15.9 Å². The minimum Gasteiger partial charge on any atom is -0.293 e. The highest BCUT2D eigenvalue weighted by atomic mass is 16.1. The molecular formula is C15H14O. The fourth-order valence-corrected chi connectivity index (χ4v) is 1.65. The molecule has 1 aromatic carbocycles. The van der Waals surface area contributed by atoms with Crippen LogP contribution in [0.2, 0.25) is 0 Å². The fraction of sp³-hybridized carbons (Fsp3) is 0.133. The van der Waals surface area contributed by atoms with Crippen LogP contribution in [0.3, 0.4) is 0 Å². The summed E-state index contributed by atoms with van der Waals surface area (Å²) < 4.78 is 0. The van der Waals surface area contributed by atoms with Gasteiger partial charge in [-0.1, -0.05) is 66.3 Å². The largest absolute Gasteiger partial charge is 0.293 e. The van der Waals surface area contributed by atoms with E-state index in [1.807, 2.05) is 67.6 Å². The van der Waals surface area contributed by atoms with Gasteiger partial charge in [-0.3, -0.25) is 4.79 Å². The van der Waals surface area contributed by atoms with E-state index in [0.717, 1.165) is 5.56 Å². The van der Waals surface area contributed by atoms with Crippen molar-refractivity contribution in [3.63, 3.8) is 0 Å². The van der Waals surface area contributed by atoms with Crippen molar-refractivity contribution < 1.29 is 4.79 Å². The van der Waals surface area contributed by atoms with Crippen molar-refractivity contribution >= 4 is 5.78 Å². The van der Waals surface area contributed by atoms with Gasteiger partial charge in [0, 0.05) is 5.56 Å². The van der Waals surface area contributed by atoms with Crippen LogP contribution in [-0.4, -0.2) is 5.78 Å². The summed E-state index contributed by atoms with van der Waals surface area (Å²) in [5.41, 5.74) is 1.94. The second-order valence-electron chi connectivity index (χ2n) is 3.91. The van der Waals surface area contributed by atoms with Gasteiger partial charge < -0.3 is 0 Å². The summed E-state index contributed by atoms with van der Waals surface area (Å²) in [6, 6.07) is 7.71. The Morgan fingerprint density at radius 3 is 2.06 bits per heavy atom. The van der Waals surface area contributed by atoms with Crippen molar-refractivity contribution in [2.24, 2.45) is 5.92 Å². The molecule has 0 heterocycles. The van der Waals surface area contributed by atoms with Gasteiger partial charge in [0.15, 0.2) is 5.78 Å². The highest BCUT2D eigenvalue weighted by Gasteiger charge is 2.14. The van der Waals surface area contributed by atoms with Gasteiger partial charge in [-0.05, 0) is 6.92 Å². The van der Waals surface area contributed by atoms with Gasteiger partial charge in [-0.15, -0.1) is 0 Å². The highest BCUT2D eigenvalue weighted by Crippen LogP contribution is 2.14. The minimum absolute atomic E-state index is 0.141. The van der Waals surface area contributed by atoms with E-state index in [-0.39, 0.29) is 11.7 Å². The van der Waals surface area contributed by atoms with Crippen LogP contribution < -0.4 is 0 Å². The Bertz CT molecular complexity index is 445. The quantitative estimate of drug-likeness (QED) is 0.683. The molecule has 0 aromatic heterocycles. The molecule has 16 heavy (non-hydrogen) atoms. The van der Waals surface area contributed by atoms with Crippen LogP contribution in [0.5, 0.6) is 0 Å². The standard InChI is InChI=1S/C15H14O/c1-12-8-10-14(11-9-12)15(16)13-6-4-2-3-5-7-13/h2-11,13H,1H3. The third-order valence-electron chi connectivity index (χ3n) is 2.61. The first-order chi connectivity index (χ1) is 7.77. The maximum Gasteiger partial charge on any atom is 0.173 e. The Labute approximate surface area is 95.8 Å². The predicted octanol–water partition coefficient (Wildman–Crippen LogP) is 3.48. The zero-order valence-corrected chi connectivity index (χ0v) is 9.26. The molecule has 80 valence electrons. The number of ketones is 1. The van der Waals surface area contributed by atoms with Gasteiger partial charge in [0.2, 0.25) is 0 Å². The van der Waals surface area contributed by atoms with E-state index in [9.17, 15) is 4.79 Å². The monoisotopic (exact) mass is 210 g/mol. The fourth-order valence-electron chi connectivity index (χ4n) is 1.65. The number of benzene rings is 1. The lowest BCUT2D eigenvalue weighted by atomic mass is 9.96. The van der Waals surface area contributed by atoms with E-state index < -0.39 is 0 Å². The van der Waals surface area contributed by atoms with Crippen LogP contribution in [-0.2, 0) is 0 Å². The molecule has 0 spiro atoms. The lowest BCUT2D eigenvalue weighted by Gasteiger charge is -2.06. The number of carbonyl (C=O) groups is 1. The molecule has 1 aliphatic rings. The SMILES string of the molecule is Cc1ccc(C(=O)C2C=CC=CC=C2)cc1. The Morgan fingerprint density at radius 2 is 1.50 bits per heavy atom. The number of Topliss-reactive ketones (excluding diaryl/α,β-unsaturated/α-hetero) is 1. The molecule has 0 bridgehead atoms. The Morgan fingerprint density at radius 1 is 0.938 bits per heavy atom. The van der Waals surface area contributed by atoms with Gasteiger partial charge in [-0.25, -0.2) is 0 Å². The van der Waals surface area contributed by atoms with E-state index >= 15 is 0 Å². The summed E-state index contributed by atoms with van der Waals surface area (Å²) in [6.07, 6.45) is 11.5. The van der Waals surface area contributed by atoms with Gasteiger partial charge in [0.1, 0.15) is 0 Å². The van der Waals surface area contributed by atoms with Gasteiger partial charge in [0.25, 0.3) is 0 Å². The van der Waals surface area contributed by atoms with Crippen LogP contribution in [0.4, 0.5) is 0 Å². The highest BCUT2D eigenvalue weighted by molar-refractivity contribution is 6.00. The average molecular weight is 210 g/mol. The normalized spacial score (nSPS) is 15.1. The Balaban J connectivity index is 2.22. The lowest BCUT2D eigenvalue weighted by Crippen LogP contribution is -2.09. The molecule has 0 amide bonds. The zero-order chi connectivity index (χ0) is 11.4. The van der Waals surface area contributed by atoms with Crippen molar-refractivity contribution in [3.05, 3.63) is 71.8 Å². The van der Waals surface area contributed by atoms with Crippen molar-refractivity contribution in [1.29, 1.82) is 0 Å². The summed E-state index contributed by atoms with van der Waals surface area (Å²) in [5.74, 6) is 0.00825. The molecule has 0 saturated carbocycles. The molecule has 0 radical (unpaired) electrons.